The molecule has 5 rings (SSSR count). The summed E-state index contributed by atoms with van der Waals surface area (Å²) in [6, 6.07) is 0.0716. The van der Waals surface area contributed by atoms with Gasteiger partial charge in [0.25, 0.3) is 0 Å². The SMILES string of the molecule is CC(NC(=O)CN1CCCCC1=O)C12CC3CC(CC(O)(C3)C1)C2. The lowest BCUT2D eigenvalue weighted by molar-refractivity contribution is -0.173. The number of rotatable bonds is 4. The fourth-order valence-electron chi connectivity index (χ4n) is 6.43. The number of piperidine rings is 1. The van der Waals surface area contributed by atoms with Crippen molar-refractivity contribution in [2.75, 3.05) is 13.1 Å². The smallest absolute Gasteiger partial charge is 0.239 e. The molecule has 2 amide bonds. The normalized spacial score (nSPS) is 42.2. The topological polar surface area (TPSA) is 69.6 Å². The van der Waals surface area contributed by atoms with Gasteiger partial charge in [-0.25, -0.2) is 0 Å². The quantitative estimate of drug-likeness (QED) is 0.824. The van der Waals surface area contributed by atoms with E-state index in [4.69, 9.17) is 0 Å². The van der Waals surface area contributed by atoms with Crippen molar-refractivity contribution >= 4 is 11.8 Å². The maximum absolute atomic E-state index is 12.5. The number of carbonyl (C=O) groups excluding carboxylic acids is 2. The zero-order valence-corrected chi connectivity index (χ0v) is 14.7. The fourth-order valence-corrected chi connectivity index (χ4v) is 6.43. The van der Waals surface area contributed by atoms with E-state index < -0.39 is 5.60 Å². The Kier molecular flexibility index (Phi) is 3.90. The van der Waals surface area contributed by atoms with Gasteiger partial charge >= 0.3 is 0 Å². The van der Waals surface area contributed by atoms with Gasteiger partial charge in [-0.05, 0) is 75.5 Å². The Balaban J connectivity index is 1.40. The molecule has 0 aromatic heterocycles. The van der Waals surface area contributed by atoms with Crippen LogP contribution < -0.4 is 5.32 Å². The van der Waals surface area contributed by atoms with E-state index in [1.165, 1.54) is 6.42 Å². The molecule has 2 N–H and O–H groups in total. The Bertz CT molecular complexity index is 533. The second-order valence-electron chi connectivity index (χ2n) is 9.11. The fraction of sp³-hybridized carbons (Fsp3) is 0.895. The molecule has 5 nitrogen and oxygen atoms in total. The minimum absolute atomic E-state index is 0.0412. The van der Waals surface area contributed by atoms with Crippen LogP contribution in [0.25, 0.3) is 0 Å². The Labute approximate surface area is 144 Å². The molecular weight excluding hydrogens is 304 g/mol. The van der Waals surface area contributed by atoms with Crippen LogP contribution in [-0.4, -0.2) is 46.6 Å². The molecule has 1 aliphatic heterocycles. The Morgan fingerprint density at radius 1 is 1.29 bits per heavy atom. The van der Waals surface area contributed by atoms with Crippen molar-refractivity contribution < 1.29 is 14.7 Å². The third kappa shape index (κ3) is 2.85. The third-order valence-corrected chi connectivity index (χ3v) is 7.13. The molecule has 1 saturated heterocycles. The third-order valence-electron chi connectivity index (χ3n) is 7.13. The van der Waals surface area contributed by atoms with Gasteiger partial charge in [0.1, 0.15) is 0 Å². The lowest BCUT2D eigenvalue weighted by Crippen LogP contribution is -2.62. The largest absolute Gasteiger partial charge is 0.390 e. The summed E-state index contributed by atoms with van der Waals surface area (Å²) in [4.78, 5) is 26.1. The molecule has 1 heterocycles. The molecule has 0 aromatic rings. The highest BCUT2D eigenvalue weighted by Gasteiger charge is 2.59. The van der Waals surface area contributed by atoms with Crippen molar-refractivity contribution in [2.45, 2.75) is 76.4 Å². The van der Waals surface area contributed by atoms with E-state index >= 15 is 0 Å². The number of hydrogen-bond acceptors (Lipinski definition) is 3. The van der Waals surface area contributed by atoms with Crippen LogP contribution >= 0.6 is 0 Å². The van der Waals surface area contributed by atoms with Crippen LogP contribution in [0.2, 0.25) is 0 Å². The molecule has 5 aliphatic rings. The van der Waals surface area contributed by atoms with Crippen LogP contribution in [0.1, 0.15) is 64.7 Å². The molecular formula is C19H30N2O3. The van der Waals surface area contributed by atoms with Gasteiger partial charge in [-0.15, -0.1) is 0 Å². The summed E-state index contributed by atoms with van der Waals surface area (Å²) in [6.45, 7) is 3.00. The Morgan fingerprint density at radius 3 is 2.62 bits per heavy atom. The standard InChI is InChI=1S/C19H30N2O3/c1-13(20-16(22)11-21-5-3-2-4-17(21)23)18-7-14-6-15(8-18)10-19(24,9-14)12-18/h13-15,24H,2-12H2,1H3,(H,20,22). The van der Waals surface area contributed by atoms with Crippen molar-refractivity contribution in [2.24, 2.45) is 17.3 Å². The van der Waals surface area contributed by atoms with Gasteiger partial charge in [0, 0.05) is 19.0 Å². The molecule has 4 saturated carbocycles. The van der Waals surface area contributed by atoms with E-state index in [1.807, 2.05) is 0 Å². The maximum atomic E-state index is 12.5. The van der Waals surface area contributed by atoms with Gasteiger partial charge in [-0.2, -0.15) is 0 Å². The molecule has 0 aromatic carbocycles. The molecule has 3 atom stereocenters. The lowest BCUT2D eigenvalue weighted by atomic mass is 9.46. The number of amides is 2. The number of nitrogens with one attached hydrogen (secondary N) is 1. The van der Waals surface area contributed by atoms with Crippen molar-refractivity contribution in [3.63, 3.8) is 0 Å². The number of likely N-dealkylation sites (tertiary alicyclic amines) is 1. The summed E-state index contributed by atoms with van der Waals surface area (Å²) in [7, 11) is 0. The highest BCUT2D eigenvalue weighted by molar-refractivity contribution is 5.85. The Morgan fingerprint density at radius 2 is 2.00 bits per heavy atom. The molecule has 134 valence electrons. The molecule has 3 unspecified atom stereocenters. The monoisotopic (exact) mass is 334 g/mol. The molecule has 4 aliphatic carbocycles. The average Bonchev–Trinajstić information content (AvgIpc) is 2.47. The first-order valence-corrected chi connectivity index (χ1v) is 9.67. The summed E-state index contributed by atoms with van der Waals surface area (Å²) in [5.74, 6) is 1.31. The van der Waals surface area contributed by atoms with Crippen molar-refractivity contribution in [1.29, 1.82) is 0 Å². The Hall–Kier alpha value is -1.10. The second kappa shape index (κ2) is 5.72. The summed E-state index contributed by atoms with van der Waals surface area (Å²) >= 11 is 0. The van der Waals surface area contributed by atoms with Crippen molar-refractivity contribution in [1.82, 2.24) is 10.2 Å². The van der Waals surface area contributed by atoms with Crippen LogP contribution in [0.4, 0.5) is 0 Å². The van der Waals surface area contributed by atoms with E-state index in [1.54, 1.807) is 4.90 Å². The van der Waals surface area contributed by atoms with E-state index in [0.717, 1.165) is 44.9 Å². The lowest BCUT2D eigenvalue weighted by Gasteiger charge is -2.62. The number of carbonyl (C=O) groups is 2. The zero-order valence-electron chi connectivity index (χ0n) is 14.7. The van der Waals surface area contributed by atoms with E-state index in [2.05, 4.69) is 12.2 Å². The van der Waals surface area contributed by atoms with Gasteiger partial charge in [-0.3, -0.25) is 9.59 Å². The van der Waals surface area contributed by atoms with Crippen LogP contribution in [0.5, 0.6) is 0 Å². The first kappa shape index (κ1) is 16.4. The predicted octanol–water partition coefficient (Wildman–Crippen LogP) is 1.83. The van der Waals surface area contributed by atoms with Gasteiger partial charge in [-0.1, -0.05) is 0 Å². The minimum atomic E-state index is -0.494. The number of hydrogen-bond donors (Lipinski definition) is 2. The molecule has 5 heteroatoms. The van der Waals surface area contributed by atoms with Crippen molar-refractivity contribution in [3.8, 4) is 0 Å². The minimum Gasteiger partial charge on any atom is -0.390 e. The average molecular weight is 334 g/mol. The molecule has 0 radical (unpaired) electrons. The van der Waals surface area contributed by atoms with Gasteiger partial charge < -0.3 is 15.3 Å². The second-order valence-corrected chi connectivity index (χ2v) is 9.11. The summed E-state index contributed by atoms with van der Waals surface area (Å²) < 4.78 is 0. The molecule has 4 bridgehead atoms. The highest BCUT2D eigenvalue weighted by atomic mass is 16.3. The van der Waals surface area contributed by atoms with Gasteiger partial charge in [0.05, 0.1) is 12.1 Å². The van der Waals surface area contributed by atoms with Crippen molar-refractivity contribution in [3.05, 3.63) is 0 Å². The molecule has 0 spiro atoms. The van der Waals surface area contributed by atoms with E-state index in [9.17, 15) is 14.7 Å². The summed E-state index contributed by atoms with van der Waals surface area (Å²) in [6.07, 6.45) is 8.77. The first-order valence-electron chi connectivity index (χ1n) is 9.67. The van der Waals surface area contributed by atoms with Crippen LogP contribution in [0.15, 0.2) is 0 Å². The predicted molar refractivity (Wildman–Crippen MR) is 90.1 cm³/mol. The van der Waals surface area contributed by atoms with Crippen LogP contribution in [0, 0.1) is 17.3 Å². The highest BCUT2D eigenvalue weighted by Crippen LogP contribution is 2.62. The van der Waals surface area contributed by atoms with Crippen LogP contribution in [0.3, 0.4) is 0 Å². The molecule has 5 fully saturated rings. The van der Waals surface area contributed by atoms with Gasteiger partial charge in [0.15, 0.2) is 0 Å². The number of nitrogens with zero attached hydrogens (tertiary/aromatic N) is 1. The van der Waals surface area contributed by atoms with Crippen LogP contribution in [-0.2, 0) is 9.59 Å². The summed E-state index contributed by atoms with van der Waals surface area (Å²) in [5.41, 5.74) is -0.438. The first-order chi connectivity index (χ1) is 11.4. The van der Waals surface area contributed by atoms with E-state index in [0.29, 0.717) is 24.8 Å². The van der Waals surface area contributed by atoms with E-state index in [-0.39, 0.29) is 29.8 Å². The van der Waals surface area contributed by atoms with Gasteiger partial charge in [0.2, 0.25) is 11.8 Å². The number of aliphatic hydroxyl groups is 1. The zero-order chi connectivity index (χ0) is 16.9. The molecule has 24 heavy (non-hydrogen) atoms. The maximum Gasteiger partial charge on any atom is 0.239 e. The summed E-state index contributed by atoms with van der Waals surface area (Å²) in [5, 5.41) is 14.1.